The number of aryl methyl sites for hydroxylation is 1. The summed E-state index contributed by atoms with van der Waals surface area (Å²) in [6, 6.07) is 12.8. The fourth-order valence-electron chi connectivity index (χ4n) is 1.90. The van der Waals surface area contributed by atoms with Crippen molar-refractivity contribution in [1.29, 1.82) is 0 Å². The number of aromatic nitrogens is 1. The first-order valence-electron chi connectivity index (χ1n) is 6.71. The standard InChI is InChI=1S/C17H22N2/c1-13-5-6-14(11-18-13)12-19-16-9-7-15(8-10-16)17(2,3)4/h5-11,19H,12H2,1-4H3. The summed E-state index contributed by atoms with van der Waals surface area (Å²) in [7, 11) is 0. The van der Waals surface area contributed by atoms with E-state index in [-0.39, 0.29) is 5.41 Å². The van der Waals surface area contributed by atoms with E-state index in [1.54, 1.807) is 0 Å². The maximum Gasteiger partial charge on any atom is 0.0416 e. The van der Waals surface area contributed by atoms with Crippen LogP contribution in [0.5, 0.6) is 0 Å². The van der Waals surface area contributed by atoms with Gasteiger partial charge in [0.1, 0.15) is 0 Å². The molecule has 2 aromatic rings. The molecular weight excluding hydrogens is 232 g/mol. The van der Waals surface area contributed by atoms with E-state index >= 15 is 0 Å². The van der Waals surface area contributed by atoms with Crippen LogP contribution in [-0.2, 0) is 12.0 Å². The Hall–Kier alpha value is -1.83. The van der Waals surface area contributed by atoms with Gasteiger partial charge in [0.05, 0.1) is 0 Å². The van der Waals surface area contributed by atoms with Gasteiger partial charge in [0.25, 0.3) is 0 Å². The van der Waals surface area contributed by atoms with Crippen LogP contribution in [0.4, 0.5) is 5.69 Å². The van der Waals surface area contributed by atoms with Crippen molar-refractivity contribution < 1.29 is 0 Å². The van der Waals surface area contributed by atoms with E-state index in [0.717, 1.165) is 17.9 Å². The lowest BCUT2D eigenvalue weighted by Gasteiger charge is -2.19. The molecule has 19 heavy (non-hydrogen) atoms. The first-order chi connectivity index (χ1) is 8.95. The van der Waals surface area contributed by atoms with E-state index in [0.29, 0.717) is 0 Å². The van der Waals surface area contributed by atoms with Gasteiger partial charge in [-0.2, -0.15) is 0 Å². The summed E-state index contributed by atoms with van der Waals surface area (Å²) < 4.78 is 0. The topological polar surface area (TPSA) is 24.9 Å². The van der Waals surface area contributed by atoms with E-state index in [4.69, 9.17) is 0 Å². The summed E-state index contributed by atoms with van der Waals surface area (Å²) in [4.78, 5) is 4.30. The molecule has 2 nitrogen and oxygen atoms in total. The van der Waals surface area contributed by atoms with Crippen LogP contribution >= 0.6 is 0 Å². The van der Waals surface area contributed by atoms with Crippen LogP contribution in [0, 0.1) is 6.92 Å². The van der Waals surface area contributed by atoms with Crippen molar-refractivity contribution in [2.75, 3.05) is 5.32 Å². The predicted octanol–water partition coefficient (Wildman–Crippen LogP) is 4.30. The number of hydrogen-bond acceptors (Lipinski definition) is 2. The van der Waals surface area contributed by atoms with E-state index in [2.05, 4.69) is 61.4 Å². The maximum absolute atomic E-state index is 4.30. The zero-order valence-corrected chi connectivity index (χ0v) is 12.2. The van der Waals surface area contributed by atoms with E-state index < -0.39 is 0 Å². The molecule has 0 unspecified atom stereocenters. The van der Waals surface area contributed by atoms with E-state index in [1.165, 1.54) is 11.1 Å². The normalized spacial score (nSPS) is 11.4. The van der Waals surface area contributed by atoms with Gasteiger partial charge >= 0.3 is 0 Å². The molecule has 0 bridgehead atoms. The monoisotopic (exact) mass is 254 g/mol. The fraction of sp³-hybridized carbons (Fsp3) is 0.353. The second-order valence-electron chi connectivity index (χ2n) is 5.99. The number of pyridine rings is 1. The Morgan fingerprint density at radius 2 is 1.68 bits per heavy atom. The van der Waals surface area contributed by atoms with Crippen molar-refractivity contribution in [1.82, 2.24) is 4.98 Å². The molecular formula is C17H22N2. The van der Waals surface area contributed by atoms with Crippen molar-refractivity contribution >= 4 is 5.69 Å². The molecule has 0 atom stereocenters. The maximum atomic E-state index is 4.30. The average Bonchev–Trinajstić information content (AvgIpc) is 2.37. The van der Waals surface area contributed by atoms with Crippen molar-refractivity contribution in [3.8, 4) is 0 Å². The molecule has 0 amide bonds. The Balaban J connectivity index is 1.98. The number of nitrogens with one attached hydrogen (secondary N) is 1. The first kappa shape index (κ1) is 13.6. The van der Waals surface area contributed by atoms with E-state index in [9.17, 15) is 0 Å². The van der Waals surface area contributed by atoms with Crippen LogP contribution in [0.3, 0.4) is 0 Å². The number of anilines is 1. The zero-order valence-electron chi connectivity index (χ0n) is 12.2. The molecule has 0 aliphatic rings. The summed E-state index contributed by atoms with van der Waals surface area (Å²) in [5.41, 5.74) is 4.96. The summed E-state index contributed by atoms with van der Waals surface area (Å²) in [5, 5.41) is 3.42. The van der Waals surface area contributed by atoms with Gasteiger partial charge in [0, 0.05) is 24.1 Å². The molecule has 0 saturated carbocycles. The Bertz CT molecular complexity index is 519. The first-order valence-corrected chi connectivity index (χ1v) is 6.71. The Morgan fingerprint density at radius 1 is 1.00 bits per heavy atom. The highest BCUT2D eigenvalue weighted by atomic mass is 14.9. The largest absolute Gasteiger partial charge is 0.381 e. The highest BCUT2D eigenvalue weighted by Gasteiger charge is 2.12. The predicted molar refractivity (Wildman–Crippen MR) is 81.4 cm³/mol. The molecule has 2 heteroatoms. The molecule has 0 aliphatic carbocycles. The molecule has 0 spiro atoms. The number of rotatable bonds is 3. The quantitative estimate of drug-likeness (QED) is 0.883. The van der Waals surface area contributed by atoms with Gasteiger partial charge < -0.3 is 5.32 Å². The average molecular weight is 254 g/mol. The second-order valence-corrected chi connectivity index (χ2v) is 5.99. The van der Waals surface area contributed by atoms with Gasteiger partial charge in [-0.15, -0.1) is 0 Å². The minimum Gasteiger partial charge on any atom is -0.381 e. The van der Waals surface area contributed by atoms with Crippen LogP contribution in [0.25, 0.3) is 0 Å². The smallest absolute Gasteiger partial charge is 0.0416 e. The fourth-order valence-corrected chi connectivity index (χ4v) is 1.90. The third-order valence-corrected chi connectivity index (χ3v) is 3.22. The molecule has 100 valence electrons. The van der Waals surface area contributed by atoms with Gasteiger partial charge in [-0.1, -0.05) is 39.0 Å². The molecule has 2 rings (SSSR count). The summed E-state index contributed by atoms with van der Waals surface area (Å²) in [6.45, 7) is 9.50. The lowest BCUT2D eigenvalue weighted by Crippen LogP contribution is -2.10. The number of nitrogens with zero attached hydrogens (tertiary/aromatic N) is 1. The Kier molecular flexibility index (Phi) is 3.89. The third-order valence-electron chi connectivity index (χ3n) is 3.22. The highest BCUT2D eigenvalue weighted by molar-refractivity contribution is 5.46. The number of hydrogen-bond donors (Lipinski definition) is 1. The van der Waals surface area contributed by atoms with Crippen molar-refractivity contribution in [3.63, 3.8) is 0 Å². The Labute approximate surface area is 115 Å². The van der Waals surface area contributed by atoms with E-state index in [1.807, 2.05) is 19.2 Å². The van der Waals surface area contributed by atoms with Crippen LogP contribution in [0.15, 0.2) is 42.6 Å². The highest BCUT2D eigenvalue weighted by Crippen LogP contribution is 2.23. The Morgan fingerprint density at radius 3 is 2.21 bits per heavy atom. The van der Waals surface area contributed by atoms with Crippen LogP contribution in [-0.4, -0.2) is 4.98 Å². The molecule has 1 aromatic carbocycles. The summed E-state index contributed by atoms with van der Waals surface area (Å²) in [5.74, 6) is 0. The van der Waals surface area contributed by atoms with Gasteiger partial charge in [-0.3, -0.25) is 4.98 Å². The van der Waals surface area contributed by atoms with Gasteiger partial charge in [-0.25, -0.2) is 0 Å². The summed E-state index contributed by atoms with van der Waals surface area (Å²) >= 11 is 0. The van der Waals surface area contributed by atoms with Crippen molar-refractivity contribution in [3.05, 3.63) is 59.4 Å². The molecule has 0 radical (unpaired) electrons. The van der Waals surface area contributed by atoms with Crippen molar-refractivity contribution in [2.45, 2.75) is 39.7 Å². The number of benzene rings is 1. The van der Waals surface area contributed by atoms with Gasteiger partial charge in [-0.05, 0) is 41.7 Å². The second kappa shape index (κ2) is 5.43. The zero-order chi connectivity index (χ0) is 13.9. The van der Waals surface area contributed by atoms with Crippen LogP contribution in [0.1, 0.15) is 37.6 Å². The molecule has 0 fully saturated rings. The minimum atomic E-state index is 0.208. The van der Waals surface area contributed by atoms with Gasteiger partial charge in [0.15, 0.2) is 0 Å². The summed E-state index contributed by atoms with van der Waals surface area (Å²) in [6.07, 6.45) is 1.92. The minimum absolute atomic E-state index is 0.208. The SMILES string of the molecule is Cc1ccc(CNc2ccc(C(C)(C)C)cc2)cn1. The lowest BCUT2D eigenvalue weighted by molar-refractivity contribution is 0.590. The third kappa shape index (κ3) is 3.82. The molecule has 0 saturated heterocycles. The lowest BCUT2D eigenvalue weighted by atomic mass is 9.87. The molecule has 0 aliphatic heterocycles. The van der Waals surface area contributed by atoms with Crippen molar-refractivity contribution in [2.24, 2.45) is 0 Å². The molecule has 1 heterocycles. The molecule has 1 aromatic heterocycles. The molecule has 1 N–H and O–H groups in total. The van der Waals surface area contributed by atoms with Crippen LogP contribution < -0.4 is 5.32 Å². The van der Waals surface area contributed by atoms with Crippen LogP contribution in [0.2, 0.25) is 0 Å². The van der Waals surface area contributed by atoms with Gasteiger partial charge in [0.2, 0.25) is 0 Å².